The predicted octanol–water partition coefficient (Wildman–Crippen LogP) is 2.23. The summed E-state index contributed by atoms with van der Waals surface area (Å²) in [6.45, 7) is 0.224. The number of nitrogens with one attached hydrogen (secondary N) is 1. The Kier molecular flexibility index (Phi) is 4.43. The van der Waals surface area contributed by atoms with E-state index in [-0.39, 0.29) is 18.9 Å². The molecule has 1 aromatic carbocycles. The van der Waals surface area contributed by atoms with Crippen molar-refractivity contribution in [2.45, 2.75) is 13.0 Å². The first-order valence-electron chi connectivity index (χ1n) is 7.05. The van der Waals surface area contributed by atoms with E-state index < -0.39 is 11.9 Å². The number of benzene rings is 1. The molecule has 0 radical (unpaired) electrons. The standard InChI is InChI=1S/C15H14N4O4S/c1-23-9-2-3-10-11(8-9)24-14(17-10)13(22)18-15-16-5-7-19(15)6-4-12(20)21/h2-3,5,7-8H,4,6H2,1H3,(H,20,21)(H,16,18,22). The normalized spacial score (nSPS) is 10.7. The van der Waals surface area contributed by atoms with Crippen molar-refractivity contribution >= 4 is 39.4 Å². The van der Waals surface area contributed by atoms with Crippen LogP contribution in [0.4, 0.5) is 5.95 Å². The second-order valence-electron chi connectivity index (χ2n) is 4.89. The number of thiazole rings is 1. The van der Waals surface area contributed by atoms with Crippen molar-refractivity contribution < 1.29 is 19.4 Å². The number of hydrogen-bond donors (Lipinski definition) is 2. The zero-order valence-electron chi connectivity index (χ0n) is 12.7. The van der Waals surface area contributed by atoms with Crippen LogP contribution in [-0.4, -0.2) is 38.6 Å². The Bertz CT molecular complexity index is 902. The highest BCUT2D eigenvalue weighted by Crippen LogP contribution is 2.26. The quantitative estimate of drug-likeness (QED) is 0.709. The van der Waals surface area contributed by atoms with Crippen LogP contribution >= 0.6 is 11.3 Å². The Hall–Kier alpha value is -2.94. The summed E-state index contributed by atoms with van der Waals surface area (Å²) in [5.41, 5.74) is 0.708. The van der Waals surface area contributed by atoms with Crippen LogP contribution in [0.1, 0.15) is 16.2 Å². The number of carboxylic acids is 1. The lowest BCUT2D eigenvalue weighted by Gasteiger charge is -2.06. The maximum Gasteiger partial charge on any atom is 0.305 e. The molecule has 0 aliphatic heterocycles. The Morgan fingerprint density at radius 1 is 1.42 bits per heavy atom. The first kappa shape index (κ1) is 15.9. The maximum atomic E-state index is 12.4. The topological polar surface area (TPSA) is 106 Å². The summed E-state index contributed by atoms with van der Waals surface area (Å²) >= 11 is 1.25. The third-order valence-corrected chi connectivity index (χ3v) is 4.31. The molecule has 2 N–H and O–H groups in total. The van der Waals surface area contributed by atoms with E-state index in [2.05, 4.69) is 15.3 Å². The number of ether oxygens (including phenoxy) is 1. The fraction of sp³-hybridized carbons (Fsp3) is 0.200. The lowest BCUT2D eigenvalue weighted by molar-refractivity contribution is -0.137. The molecule has 0 unspecified atom stereocenters. The van der Waals surface area contributed by atoms with Gasteiger partial charge in [0.05, 0.1) is 23.7 Å². The van der Waals surface area contributed by atoms with Gasteiger partial charge in [-0.15, -0.1) is 11.3 Å². The average molecular weight is 346 g/mol. The minimum absolute atomic E-state index is 0.0554. The van der Waals surface area contributed by atoms with Crippen LogP contribution in [-0.2, 0) is 11.3 Å². The molecule has 0 atom stereocenters. The molecular weight excluding hydrogens is 332 g/mol. The second kappa shape index (κ2) is 6.67. The summed E-state index contributed by atoms with van der Waals surface area (Å²) in [7, 11) is 1.58. The molecule has 0 aliphatic rings. The molecule has 0 saturated carbocycles. The van der Waals surface area contributed by atoms with Crippen molar-refractivity contribution in [2.75, 3.05) is 12.4 Å². The van der Waals surface area contributed by atoms with Crippen LogP contribution in [0.2, 0.25) is 0 Å². The van der Waals surface area contributed by atoms with E-state index in [9.17, 15) is 9.59 Å². The number of imidazole rings is 1. The van der Waals surface area contributed by atoms with Gasteiger partial charge < -0.3 is 14.4 Å². The molecule has 0 saturated heterocycles. The molecule has 0 spiro atoms. The fourth-order valence-corrected chi connectivity index (χ4v) is 3.00. The smallest absolute Gasteiger partial charge is 0.305 e. The van der Waals surface area contributed by atoms with Crippen molar-refractivity contribution in [3.05, 3.63) is 35.6 Å². The predicted molar refractivity (Wildman–Crippen MR) is 88.6 cm³/mol. The highest BCUT2D eigenvalue weighted by atomic mass is 32.1. The van der Waals surface area contributed by atoms with E-state index in [0.717, 1.165) is 4.70 Å². The molecule has 2 heterocycles. The number of carboxylic acid groups (broad SMARTS) is 1. The molecule has 2 aromatic heterocycles. The zero-order valence-corrected chi connectivity index (χ0v) is 13.5. The third kappa shape index (κ3) is 3.35. The first-order valence-corrected chi connectivity index (χ1v) is 7.87. The van der Waals surface area contributed by atoms with E-state index in [0.29, 0.717) is 16.3 Å². The number of amides is 1. The van der Waals surface area contributed by atoms with E-state index in [1.54, 1.807) is 30.0 Å². The maximum absolute atomic E-state index is 12.4. The monoisotopic (exact) mass is 346 g/mol. The van der Waals surface area contributed by atoms with Crippen LogP contribution in [0.15, 0.2) is 30.6 Å². The van der Waals surface area contributed by atoms with Crippen molar-refractivity contribution in [3.8, 4) is 5.75 Å². The summed E-state index contributed by atoms with van der Waals surface area (Å²) in [5.74, 6) is -0.320. The summed E-state index contributed by atoms with van der Waals surface area (Å²) in [6, 6.07) is 5.38. The molecule has 9 heteroatoms. The lowest BCUT2D eigenvalue weighted by atomic mass is 10.3. The van der Waals surface area contributed by atoms with Gasteiger partial charge in [-0.3, -0.25) is 14.9 Å². The average Bonchev–Trinajstić information content (AvgIpc) is 3.18. The summed E-state index contributed by atoms with van der Waals surface area (Å²) in [6.07, 6.45) is 3.06. The van der Waals surface area contributed by atoms with E-state index in [1.807, 2.05) is 6.07 Å². The van der Waals surface area contributed by atoms with Crippen LogP contribution in [0.25, 0.3) is 10.2 Å². The minimum atomic E-state index is -0.916. The van der Waals surface area contributed by atoms with Gasteiger partial charge in [0.15, 0.2) is 5.01 Å². The number of aromatic nitrogens is 3. The number of aryl methyl sites for hydroxylation is 1. The second-order valence-corrected chi connectivity index (χ2v) is 5.93. The lowest BCUT2D eigenvalue weighted by Crippen LogP contribution is -2.16. The number of carbonyl (C=O) groups excluding carboxylic acids is 1. The molecule has 3 aromatic rings. The van der Waals surface area contributed by atoms with Crippen LogP contribution in [0.3, 0.4) is 0 Å². The van der Waals surface area contributed by atoms with Gasteiger partial charge in [0.1, 0.15) is 5.75 Å². The first-order chi connectivity index (χ1) is 11.6. The number of hydrogen-bond acceptors (Lipinski definition) is 6. The van der Waals surface area contributed by atoms with Crippen molar-refractivity contribution in [3.63, 3.8) is 0 Å². The fourth-order valence-electron chi connectivity index (χ4n) is 2.11. The van der Waals surface area contributed by atoms with E-state index in [1.165, 1.54) is 17.5 Å². The molecule has 0 aliphatic carbocycles. The molecule has 8 nitrogen and oxygen atoms in total. The summed E-state index contributed by atoms with van der Waals surface area (Å²) in [5, 5.41) is 11.7. The Balaban J connectivity index is 1.78. The SMILES string of the molecule is COc1ccc2nc(C(=O)Nc3nccn3CCC(=O)O)sc2c1. The van der Waals surface area contributed by atoms with Gasteiger partial charge in [0.25, 0.3) is 5.91 Å². The highest BCUT2D eigenvalue weighted by Gasteiger charge is 2.15. The van der Waals surface area contributed by atoms with Crippen LogP contribution in [0.5, 0.6) is 5.75 Å². The van der Waals surface area contributed by atoms with Crippen LogP contribution < -0.4 is 10.1 Å². The molecule has 24 heavy (non-hydrogen) atoms. The third-order valence-electron chi connectivity index (χ3n) is 3.30. The van der Waals surface area contributed by atoms with Gasteiger partial charge in [-0.1, -0.05) is 0 Å². The van der Waals surface area contributed by atoms with Gasteiger partial charge >= 0.3 is 5.97 Å². The summed E-state index contributed by atoms with van der Waals surface area (Å²) < 4.78 is 7.57. The molecule has 1 amide bonds. The van der Waals surface area contributed by atoms with Gasteiger partial charge in [-0.2, -0.15) is 0 Å². The Morgan fingerprint density at radius 2 is 2.25 bits per heavy atom. The number of nitrogens with zero attached hydrogens (tertiary/aromatic N) is 3. The summed E-state index contributed by atoms with van der Waals surface area (Å²) in [4.78, 5) is 31.4. The van der Waals surface area contributed by atoms with Crippen molar-refractivity contribution in [1.29, 1.82) is 0 Å². The molecule has 124 valence electrons. The van der Waals surface area contributed by atoms with Gasteiger partial charge in [-0.05, 0) is 18.2 Å². The minimum Gasteiger partial charge on any atom is -0.497 e. The zero-order chi connectivity index (χ0) is 17.1. The number of carbonyl (C=O) groups is 2. The molecule has 0 bridgehead atoms. The number of rotatable bonds is 6. The number of fused-ring (bicyclic) bond motifs is 1. The Morgan fingerprint density at radius 3 is 3.00 bits per heavy atom. The molecule has 3 rings (SSSR count). The van der Waals surface area contributed by atoms with Crippen LogP contribution in [0, 0.1) is 0 Å². The number of methoxy groups -OCH3 is 1. The van der Waals surface area contributed by atoms with E-state index >= 15 is 0 Å². The largest absolute Gasteiger partial charge is 0.497 e. The van der Waals surface area contributed by atoms with Gasteiger partial charge in [0, 0.05) is 18.9 Å². The van der Waals surface area contributed by atoms with Crippen molar-refractivity contribution in [1.82, 2.24) is 14.5 Å². The Labute approximate surface area is 140 Å². The molecular formula is C15H14N4O4S. The molecule has 0 fully saturated rings. The van der Waals surface area contributed by atoms with Gasteiger partial charge in [0.2, 0.25) is 5.95 Å². The van der Waals surface area contributed by atoms with Crippen molar-refractivity contribution in [2.24, 2.45) is 0 Å². The highest BCUT2D eigenvalue weighted by molar-refractivity contribution is 7.20. The number of anilines is 1. The van der Waals surface area contributed by atoms with Gasteiger partial charge in [-0.25, -0.2) is 9.97 Å². The van der Waals surface area contributed by atoms with E-state index in [4.69, 9.17) is 9.84 Å². The number of aliphatic carboxylic acids is 1.